The molecule has 0 aliphatic heterocycles. The Balaban J connectivity index is 2.12. The lowest BCUT2D eigenvalue weighted by molar-refractivity contribution is -0.145. The van der Waals surface area contributed by atoms with Crippen molar-refractivity contribution in [3.63, 3.8) is 0 Å². The van der Waals surface area contributed by atoms with Crippen LogP contribution in [0, 0.1) is 5.92 Å². The van der Waals surface area contributed by atoms with E-state index in [-0.39, 0.29) is 11.8 Å². The molecule has 0 fully saturated rings. The number of rotatable bonds is 8. The van der Waals surface area contributed by atoms with E-state index in [9.17, 15) is 14.4 Å². The lowest BCUT2D eigenvalue weighted by atomic mass is 10.0. The molecule has 0 radical (unpaired) electrons. The highest BCUT2D eigenvalue weighted by molar-refractivity contribution is 6.04. The van der Waals surface area contributed by atoms with Crippen LogP contribution >= 0.6 is 0 Å². The third-order valence-electron chi connectivity index (χ3n) is 4.41. The fourth-order valence-corrected chi connectivity index (χ4v) is 2.93. The van der Waals surface area contributed by atoms with Crippen molar-refractivity contribution in [1.82, 2.24) is 10.3 Å². The molecule has 156 valence electrons. The van der Waals surface area contributed by atoms with Crippen molar-refractivity contribution >= 4 is 28.7 Å². The van der Waals surface area contributed by atoms with E-state index < -0.39 is 30.5 Å². The van der Waals surface area contributed by atoms with Gasteiger partial charge in [0.05, 0.1) is 18.2 Å². The van der Waals surface area contributed by atoms with Gasteiger partial charge in [-0.3, -0.25) is 9.78 Å². The maximum Gasteiger partial charge on any atom is 0.339 e. The Bertz CT molecular complexity index is 892. The van der Waals surface area contributed by atoms with Crippen molar-refractivity contribution in [3.8, 4) is 0 Å². The molecule has 0 spiro atoms. The fraction of sp³-hybridized carbons (Fsp3) is 0.455. The second kappa shape index (κ2) is 10.0. The SMILES string of the molecule is COC(=O)C(CC(C)C)NC(=O)COC(=O)c1cc(C(C)C)nc2ccccc12. The highest BCUT2D eigenvalue weighted by Crippen LogP contribution is 2.23. The number of pyridine rings is 1. The predicted octanol–water partition coefficient (Wildman–Crippen LogP) is 3.22. The van der Waals surface area contributed by atoms with E-state index >= 15 is 0 Å². The van der Waals surface area contributed by atoms with Gasteiger partial charge in [-0.25, -0.2) is 9.59 Å². The molecule has 2 rings (SSSR count). The summed E-state index contributed by atoms with van der Waals surface area (Å²) in [5.41, 5.74) is 1.82. The molecule has 0 saturated heterocycles. The van der Waals surface area contributed by atoms with Gasteiger partial charge in [0.25, 0.3) is 5.91 Å². The molecule has 0 aliphatic rings. The maximum atomic E-state index is 12.7. The lowest BCUT2D eigenvalue weighted by Crippen LogP contribution is -2.44. The summed E-state index contributed by atoms with van der Waals surface area (Å²) in [7, 11) is 1.27. The van der Waals surface area contributed by atoms with Crippen molar-refractivity contribution in [2.24, 2.45) is 5.92 Å². The average Bonchev–Trinajstić information content (AvgIpc) is 2.69. The van der Waals surface area contributed by atoms with Crippen molar-refractivity contribution in [2.75, 3.05) is 13.7 Å². The van der Waals surface area contributed by atoms with Gasteiger partial charge in [-0.15, -0.1) is 0 Å². The molecule has 1 heterocycles. The lowest BCUT2D eigenvalue weighted by Gasteiger charge is -2.18. The van der Waals surface area contributed by atoms with Crippen LogP contribution in [-0.2, 0) is 19.1 Å². The Morgan fingerprint density at radius 2 is 1.79 bits per heavy atom. The first-order valence-corrected chi connectivity index (χ1v) is 9.66. The van der Waals surface area contributed by atoms with E-state index in [0.717, 1.165) is 5.69 Å². The van der Waals surface area contributed by atoms with E-state index in [1.54, 1.807) is 12.1 Å². The normalized spacial score (nSPS) is 12.1. The zero-order valence-electron chi connectivity index (χ0n) is 17.5. The molecule has 29 heavy (non-hydrogen) atoms. The number of nitrogens with zero attached hydrogens (tertiary/aromatic N) is 1. The van der Waals surface area contributed by atoms with Crippen molar-refractivity contribution in [3.05, 3.63) is 41.6 Å². The molecule has 1 aromatic heterocycles. The molecular formula is C22H28N2O5. The van der Waals surface area contributed by atoms with Gasteiger partial charge in [0.1, 0.15) is 6.04 Å². The third kappa shape index (κ3) is 6.01. The number of nitrogens with one attached hydrogen (secondary N) is 1. The molecule has 1 amide bonds. The summed E-state index contributed by atoms with van der Waals surface area (Å²) in [6, 6.07) is 8.21. The molecule has 7 nitrogen and oxygen atoms in total. The summed E-state index contributed by atoms with van der Waals surface area (Å²) in [4.78, 5) is 41.3. The van der Waals surface area contributed by atoms with Gasteiger partial charge < -0.3 is 14.8 Å². The van der Waals surface area contributed by atoms with Gasteiger partial charge in [0.2, 0.25) is 0 Å². The van der Waals surface area contributed by atoms with Crippen LogP contribution in [0.2, 0.25) is 0 Å². The highest BCUT2D eigenvalue weighted by atomic mass is 16.5. The van der Waals surface area contributed by atoms with Gasteiger partial charge in [-0.05, 0) is 30.4 Å². The number of ether oxygens (including phenoxy) is 2. The van der Waals surface area contributed by atoms with Crippen LogP contribution in [0.4, 0.5) is 0 Å². The summed E-state index contributed by atoms with van der Waals surface area (Å²) in [5, 5.41) is 3.23. The van der Waals surface area contributed by atoms with Gasteiger partial charge in [0, 0.05) is 11.1 Å². The average molecular weight is 400 g/mol. The summed E-state index contributed by atoms with van der Waals surface area (Å²) in [6.45, 7) is 7.35. The predicted molar refractivity (Wildman–Crippen MR) is 110 cm³/mol. The number of hydrogen-bond acceptors (Lipinski definition) is 6. The summed E-state index contributed by atoms with van der Waals surface area (Å²) in [5.74, 6) is -1.39. The first-order chi connectivity index (χ1) is 13.7. The molecule has 0 bridgehead atoms. The van der Waals surface area contributed by atoms with Crippen molar-refractivity contribution < 1.29 is 23.9 Å². The zero-order chi connectivity index (χ0) is 21.6. The standard InChI is InChI=1S/C22H28N2O5/c1-13(2)10-19(22(27)28-5)24-20(25)12-29-21(26)16-11-18(14(3)4)23-17-9-7-6-8-15(16)17/h6-9,11,13-14,19H,10,12H2,1-5H3,(H,24,25). The minimum absolute atomic E-state index is 0.131. The minimum Gasteiger partial charge on any atom is -0.467 e. The number of carbonyl (C=O) groups excluding carboxylic acids is 3. The monoisotopic (exact) mass is 400 g/mol. The molecule has 2 aromatic rings. The quantitative estimate of drug-likeness (QED) is 0.684. The number of fused-ring (bicyclic) bond motifs is 1. The Morgan fingerprint density at radius 3 is 2.41 bits per heavy atom. The number of aromatic nitrogens is 1. The van der Waals surface area contributed by atoms with Crippen LogP contribution in [0.1, 0.15) is 56.1 Å². The Labute approximate surface area is 170 Å². The third-order valence-corrected chi connectivity index (χ3v) is 4.41. The first-order valence-electron chi connectivity index (χ1n) is 9.66. The molecule has 1 aromatic carbocycles. The Morgan fingerprint density at radius 1 is 1.10 bits per heavy atom. The van der Waals surface area contributed by atoms with E-state index in [4.69, 9.17) is 9.47 Å². The molecule has 0 aliphatic carbocycles. The molecule has 1 N–H and O–H groups in total. The Hall–Kier alpha value is -2.96. The van der Waals surface area contributed by atoms with Crippen molar-refractivity contribution in [2.45, 2.75) is 46.1 Å². The van der Waals surface area contributed by atoms with E-state index in [0.29, 0.717) is 22.9 Å². The highest BCUT2D eigenvalue weighted by Gasteiger charge is 2.23. The number of esters is 2. The van der Waals surface area contributed by atoms with Gasteiger partial charge in [-0.2, -0.15) is 0 Å². The maximum absolute atomic E-state index is 12.7. The van der Waals surface area contributed by atoms with Crippen LogP contribution in [0.3, 0.4) is 0 Å². The number of para-hydroxylation sites is 1. The van der Waals surface area contributed by atoms with Crippen LogP contribution in [0.25, 0.3) is 10.9 Å². The number of hydrogen-bond donors (Lipinski definition) is 1. The van der Waals surface area contributed by atoms with Gasteiger partial charge in [-0.1, -0.05) is 45.9 Å². The van der Waals surface area contributed by atoms with Crippen LogP contribution in [0.15, 0.2) is 30.3 Å². The second-order valence-corrected chi connectivity index (χ2v) is 7.62. The second-order valence-electron chi connectivity index (χ2n) is 7.62. The molecule has 0 saturated carbocycles. The number of benzene rings is 1. The zero-order valence-corrected chi connectivity index (χ0v) is 17.5. The number of methoxy groups -OCH3 is 1. The number of carbonyl (C=O) groups is 3. The van der Waals surface area contributed by atoms with Crippen LogP contribution in [-0.4, -0.2) is 42.6 Å². The topological polar surface area (TPSA) is 94.6 Å². The van der Waals surface area contributed by atoms with Crippen LogP contribution < -0.4 is 5.32 Å². The van der Waals surface area contributed by atoms with Gasteiger partial charge >= 0.3 is 11.9 Å². The molecule has 1 atom stereocenters. The first kappa shape index (κ1) is 22.3. The van der Waals surface area contributed by atoms with Gasteiger partial charge in [0.15, 0.2) is 6.61 Å². The number of amides is 1. The fourth-order valence-electron chi connectivity index (χ4n) is 2.93. The van der Waals surface area contributed by atoms with Crippen molar-refractivity contribution in [1.29, 1.82) is 0 Å². The summed E-state index contributed by atoms with van der Waals surface area (Å²) >= 11 is 0. The van der Waals surface area contributed by atoms with E-state index in [1.165, 1.54) is 7.11 Å². The molecule has 1 unspecified atom stereocenters. The Kier molecular flexibility index (Phi) is 7.70. The van der Waals surface area contributed by atoms with E-state index in [2.05, 4.69) is 10.3 Å². The van der Waals surface area contributed by atoms with E-state index in [1.807, 2.05) is 45.9 Å². The molecule has 7 heteroatoms. The summed E-state index contributed by atoms with van der Waals surface area (Å²) in [6.07, 6.45) is 0.430. The smallest absolute Gasteiger partial charge is 0.339 e. The minimum atomic E-state index is -0.777. The van der Waals surface area contributed by atoms with Crippen LogP contribution in [0.5, 0.6) is 0 Å². The largest absolute Gasteiger partial charge is 0.467 e. The summed E-state index contributed by atoms with van der Waals surface area (Å²) < 4.78 is 9.95. The molecular weight excluding hydrogens is 372 g/mol.